The highest BCUT2D eigenvalue weighted by Gasteiger charge is 2.06. The van der Waals surface area contributed by atoms with Crippen molar-refractivity contribution in [3.05, 3.63) is 118 Å². The Labute approximate surface area is 215 Å². The van der Waals surface area contributed by atoms with Crippen molar-refractivity contribution < 1.29 is 4.39 Å². The SMILES string of the molecule is CCCCCCc1ccc(C#Cc2ccc3cc(C#Cc4ccc(CCC)cc4)ccc3c2F)cc1. The summed E-state index contributed by atoms with van der Waals surface area (Å²) in [6, 6.07) is 26.0. The number of hydrogen-bond donors (Lipinski definition) is 0. The van der Waals surface area contributed by atoms with E-state index in [-0.39, 0.29) is 5.82 Å². The van der Waals surface area contributed by atoms with E-state index in [0.29, 0.717) is 10.9 Å². The molecule has 0 radical (unpaired) electrons. The number of unbranched alkanes of at least 4 members (excludes halogenated alkanes) is 3. The molecule has 0 N–H and O–H groups in total. The van der Waals surface area contributed by atoms with Gasteiger partial charge in [-0.3, -0.25) is 0 Å². The maximum Gasteiger partial charge on any atom is 0.146 e. The van der Waals surface area contributed by atoms with Gasteiger partial charge in [0.25, 0.3) is 0 Å². The summed E-state index contributed by atoms with van der Waals surface area (Å²) in [7, 11) is 0. The number of halogens is 1. The maximum absolute atomic E-state index is 15.2. The number of hydrogen-bond acceptors (Lipinski definition) is 0. The Morgan fingerprint density at radius 2 is 1.17 bits per heavy atom. The second kappa shape index (κ2) is 12.8. The van der Waals surface area contributed by atoms with Crippen molar-refractivity contribution in [2.75, 3.05) is 0 Å². The van der Waals surface area contributed by atoms with Crippen LogP contribution < -0.4 is 0 Å². The fourth-order valence-electron chi connectivity index (χ4n) is 4.30. The first kappa shape index (κ1) is 25.3. The zero-order chi connectivity index (χ0) is 25.2. The van der Waals surface area contributed by atoms with Crippen LogP contribution >= 0.6 is 0 Å². The monoisotopic (exact) mass is 472 g/mol. The van der Waals surface area contributed by atoms with Gasteiger partial charge in [0, 0.05) is 22.1 Å². The van der Waals surface area contributed by atoms with E-state index in [1.54, 1.807) is 12.1 Å². The van der Waals surface area contributed by atoms with Crippen LogP contribution in [0.2, 0.25) is 0 Å². The molecule has 1 heteroatoms. The molecule has 0 aromatic heterocycles. The number of benzene rings is 4. The summed E-state index contributed by atoms with van der Waals surface area (Å²) in [6.07, 6.45) is 8.37. The molecule has 0 fully saturated rings. The molecule has 0 saturated heterocycles. The summed E-state index contributed by atoms with van der Waals surface area (Å²) in [5.41, 5.74) is 5.83. The third-order valence-electron chi connectivity index (χ3n) is 6.41. The molecular formula is C35H33F. The Hall–Kier alpha value is -3.81. The Morgan fingerprint density at radius 3 is 1.83 bits per heavy atom. The molecule has 4 aromatic rings. The lowest BCUT2D eigenvalue weighted by atomic mass is 10.0. The van der Waals surface area contributed by atoms with Gasteiger partial charge in [-0.05, 0) is 78.2 Å². The van der Waals surface area contributed by atoms with E-state index in [2.05, 4.69) is 73.9 Å². The molecule has 0 spiro atoms. The summed E-state index contributed by atoms with van der Waals surface area (Å²) < 4.78 is 15.2. The second-order valence-electron chi connectivity index (χ2n) is 9.32. The summed E-state index contributed by atoms with van der Waals surface area (Å²) in [5, 5.41) is 1.40. The summed E-state index contributed by atoms with van der Waals surface area (Å²) >= 11 is 0. The van der Waals surface area contributed by atoms with E-state index in [1.165, 1.54) is 36.8 Å². The molecule has 0 aliphatic heterocycles. The van der Waals surface area contributed by atoms with Crippen molar-refractivity contribution in [1.29, 1.82) is 0 Å². The van der Waals surface area contributed by atoms with Crippen LogP contribution in [0.1, 0.15) is 79.3 Å². The Bertz CT molecular complexity index is 1420. The molecule has 0 saturated carbocycles. The van der Waals surface area contributed by atoms with Gasteiger partial charge >= 0.3 is 0 Å². The molecule has 0 bridgehead atoms. The molecule has 0 aliphatic carbocycles. The van der Waals surface area contributed by atoms with Crippen molar-refractivity contribution in [3.8, 4) is 23.7 Å². The first-order chi connectivity index (χ1) is 17.7. The molecule has 0 amide bonds. The van der Waals surface area contributed by atoms with Crippen molar-refractivity contribution in [2.45, 2.75) is 58.8 Å². The molecule has 0 unspecified atom stereocenters. The number of aryl methyl sites for hydroxylation is 2. The minimum atomic E-state index is -0.279. The minimum Gasteiger partial charge on any atom is -0.205 e. The normalized spacial score (nSPS) is 10.4. The third kappa shape index (κ3) is 6.87. The van der Waals surface area contributed by atoms with Crippen LogP contribution in [0.4, 0.5) is 4.39 Å². The average molecular weight is 473 g/mol. The molecular weight excluding hydrogens is 439 g/mol. The predicted molar refractivity (Wildman–Crippen MR) is 151 cm³/mol. The zero-order valence-corrected chi connectivity index (χ0v) is 21.3. The van der Waals surface area contributed by atoms with Gasteiger partial charge in [-0.1, -0.05) is 99.6 Å². The summed E-state index contributed by atoms with van der Waals surface area (Å²) in [6.45, 7) is 4.41. The van der Waals surface area contributed by atoms with Gasteiger partial charge in [0.2, 0.25) is 0 Å². The van der Waals surface area contributed by atoms with E-state index < -0.39 is 0 Å². The zero-order valence-electron chi connectivity index (χ0n) is 21.3. The van der Waals surface area contributed by atoms with Gasteiger partial charge < -0.3 is 0 Å². The van der Waals surface area contributed by atoms with Crippen molar-refractivity contribution in [2.24, 2.45) is 0 Å². The van der Waals surface area contributed by atoms with Gasteiger partial charge in [0.1, 0.15) is 5.82 Å². The molecule has 36 heavy (non-hydrogen) atoms. The Balaban J connectivity index is 1.46. The highest BCUT2D eigenvalue weighted by Crippen LogP contribution is 2.22. The number of fused-ring (bicyclic) bond motifs is 1. The van der Waals surface area contributed by atoms with Crippen LogP contribution in [0.15, 0.2) is 78.9 Å². The summed E-state index contributed by atoms with van der Waals surface area (Å²) in [4.78, 5) is 0. The van der Waals surface area contributed by atoms with Gasteiger partial charge in [0.15, 0.2) is 0 Å². The van der Waals surface area contributed by atoms with Gasteiger partial charge in [-0.2, -0.15) is 0 Å². The van der Waals surface area contributed by atoms with E-state index in [4.69, 9.17) is 0 Å². The fraction of sp³-hybridized carbons (Fsp3) is 0.257. The Morgan fingerprint density at radius 1 is 0.556 bits per heavy atom. The first-order valence-electron chi connectivity index (χ1n) is 13.1. The van der Waals surface area contributed by atoms with Gasteiger partial charge in [-0.15, -0.1) is 0 Å². The fourth-order valence-corrected chi connectivity index (χ4v) is 4.30. The molecule has 0 heterocycles. The summed E-state index contributed by atoms with van der Waals surface area (Å²) in [5.74, 6) is 12.3. The quantitative estimate of drug-likeness (QED) is 0.186. The molecule has 180 valence electrons. The lowest BCUT2D eigenvalue weighted by molar-refractivity contribution is 0.636. The predicted octanol–water partition coefficient (Wildman–Crippen LogP) is 8.85. The van der Waals surface area contributed by atoms with E-state index >= 15 is 4.39 Å². The lowest BCUT2D eigenvalue weighted by Crippen LogP contribution is -1.88. The van der Waals surface area contributed by atoms with Crippen LogP contribution in [0.5, 0.6) is 0 Å². The van der Waals surface area contributed by atoms with Crippen molar-refractivity contribution in [3.63, 3.8) is 0 Å². The van der Waals surface area contributed by atoms with Crippen LogP contribution in [0, 0.1) is 29.5 Å². The molecule has 0 aliphatic rings. The van der Waals surface area contributed by atoms with Crippen LogP contribution in [0.25, 0.3) is 10.8 Å². The average Bonchev–Trinajstić information content (AvgIpc) is 2.91. The molecule has 4 aromatic carbocycles. The van der Waals surface area contributed by atoms with E-state index in [0.717, 1.165) is 41.3 Å². The van der Waals surface area contributed by atoms with Crippen LogP contribution in [0.3, 0.4) is 0 Å². The minimum absolute atomic E-state index is 0.279. The highest BCUT2D eigenvalue weighted by molar-refractivity contribution is 5.86. The van der Waals surface area contributed by atoms with E-state index in [9.17, 15) is 0 Å². The highest BCUT2D eigenvalue weighted by atomic mass is 19.1. The molecule has 0 nitrogen and oxygen atoms in total. The lowest BCUT2D eigenvalue weighted by Gasteiger charge is -2.03. The first-order valence-corrected chi connectivity index (χ1v) is 13.1. The maximum atomic E-state index is 15.2. The molecule has 4 rings (SSSR count). The van der Waals surface area contributed by atoms with Crippen LogP contribution in [-0.4, -0.2) is 0 Å². The van der Waals surface area contributed by atoms with Crippen molar-refractivity contribution in [1.82, 2.24) is 0 Å². The largest absolute Gasteiger partial charge is 0.205 e. The van der Waals surface area contributed by atoms with E-state index in [1.807, 2.05) is 30.3 Å². The number of rotatable bonds is 7. The van der Waals surface area contributed by atoms with Gasteiger partial charge in [0.05, 0.1) is 5.56 Å². The van der Waals surface area contributed by atoms with Crippen LogP contribution in [-0.2, 0) is 12.8 Å². The van der Waals surface area contributed by atoms with Crippen molar-refractivity contribution >= 4 is 10.8 Å². The second-order valence-corrected chi connectivity index (χ2v) is 9.32. The smallest absolute Gasteiger partial charge is 0.146 e. The Kier molecular flexibility index (Phi) is 8.97. The van der Waals surface area contributed by atoms with Gasteiger partial charge in [-0.25, -0.2) is 4.39 Å². The third-order valence-corrected chi connectivity index (χ3v) is 6.41. The molecule has 0 atom stereocenters. The topological polar surface area (TPSA) is 0 Å². The standard InChI is InChI=1S/C35H33F/c1-3-5-6-7-9-28-12-16-30(17-13-28)20-22-32-23-24-33-26-31(21-25-34(33)35(32)36)19-18-29-14-10-27(8-4-2)11-15-29/h10-17,21,23-26H,3-9H2,1-2H3.